The maximum atomic E-state index is 12.9. The van der Waals surface area contributed by atoms with Crippen molar-refractivity contribution in [1.82, 2.24) is 10.2 Å². The number of carbonyl (C=O) groups is 1. The second-order valence-corrected chi connectivity index (χ2v) is 7.31. The van der Waals surface area contributed by atoms with Crippen LogP contribution in [0, 0.1) is 11.8 Å². The zero-order valence-electron chi connectivity index (χ0n) is 13.4. The van der Waals surface area contributed by atoms with Crippen LogP contribution < -0.4 is 5.32 Å². The Morgan fingerprint density at radius 2 is 1.65 bits per heavy atom. The standard InChI is InChI=1S/C16H25F3N2O.ClH/c1-21(14-8-12-5-6-13(9-14)20-12)15(22)10-3-2-4-11(7-10)16(17,18)19;/h10-14,20H,2-9H2,1H3;1H. The van der Waals surface area contributed by atoms with E-state index in [0.717, 1.165) is 25.7 Å². The fourth-order valence-corrected chi connectivity index (χ4v) is 4.52. The molecule has 3 aliphatic rings. The molecule has 1 saturated carbocycles. The smallest absolute Gasteiger partial charge is 0.342 e. The normalized spacial score (nSPS) is 37.1. The predicted molar refractivity (Wildman–Crippen MR) is 84.5 cm³/mol. The van der Waals surface area contributed by atoms with E-state index in [1.807, 2.05) is 0 Å². The van der Waals surface area contributed by atoms with Gasteiger partial charge in [-0.1, -0.05) is 6.42 Å². The Morgan fingerprint density at radius 3 is 2.22 bits per heavy atom. The molecule has 0 aromatic heterocycles. The molecule has 4 atom stereocenters. The zero-order chi connectivity index (χ0) is 15.9. The van der Waals surface area contributed by atoms with E-state index in [0.29, 0.717) is 24.9 Å². The van der Waals surface area contributed by atoms with Crippen molar-refractivity contribution < 1.29 is 18.0 Å². The molecule has 3 nitrogen and oxygen atoms in total. The first-order valence-corrected chi connectivity index (χ1v) is 8.44. The third kappa shape index (κ3) is 4.13. The highest BCUT2D eigenvalue weighted by Crippen LogP contribution is 2.41. The van der Waals surface area contributed by atoms with Crippen LogP contribution in [-0.2, 0) is 4.79 Å². The summed E-state index contributed by atoms with van der Waals surface area (Å²) in [6.45, 7) is 0. The Morgan fingerprint density at radius 1 is 1.04 bits per heavy atom. The molecule has 2 heterocycles. The third-order valence-corrected chi connectivity index (χ3v) is 5.83. The average molecular weight is 355 g/mol. The fraction of sp³-hybridized carbons (Fsp3) is 0.938. The van der Waals surface area contributed by atoms with Crippen molar-refractivity contribution in [2.45, 2.75) is 75.7 Å². The molecule has 1 amide bonds. The molecule has 0 spiro atoms. The van der Waals surface area contributed by atoms with Crippen molar-refractivity contribution in [3.8, 4) is 0 Å². The molecule has 3 rings (SSSR count). The Bertz CT molecular complexity index is 416. The number of nitrogens with zero attached hydrogens (tertiary/aromatic N) is 1. The van der Waals surface area contributed by atoms with Crippen LogP contribution in [0.4, 0.5) is 13.2 Å². The SMILES string of the molecule is CN(C(=O)C1CCCC(C(F)(F)F)C1)C1CC2CCC(C1)N2.Cl. The quantitative estimate of drug-likeness (QED) is 0.823. The highest BCUT2D eigenvalue weighted by Gasteiger charge is 2.45. The van der Waals surface area contributed by atoms with Crippen molar-refractivity contribution in [2.24, 2.45) is 11.8 Å². The summed E-state index contributed by atoms with van der Waals surface area (Å²) >= 11 is 0. The van der Waals surface area contributed by atoms with Gasteiger partial charge in [-0.2, -0.15) is 13.2 Å². The molecule has 23 heavy (non-hydrogen) atoms. The van der Waals surface area contributed by atoms with E-state index in [-0.39, 0.29) is 37.2 Å². The van der Waals surface area contributed by atoms with Gasteiger partial charge in [0.25, 0.3) is 0 Å². The van der Waals surface area contributed by atoms with E-state index in [9.17, 15) is 18.0 Å². The summed E-state index contributed by atoms with van der Waals surface area (Å²) in [5, 5.41) is 3.53. The van der Waals surface area contributed by atoms with Crippen LogP contribution in [0.5, 0.6) is 0 Å². The Hall–Kier alpha value is -0.490. The molecule has 0 aromatic rings. The largest absolute Gasteiger partial charge is 0.391 e. The molecule has 2 aliphatic heterocycles. The minimum Gasteiger partial charge on any atom is -0.342 e. The van der Waals surface area contributed by atoms with Gasteiger partial charge in [0.15, 0.2) is 0 Å². The molecule has 2 saturated heterocycles. The highest BCUT2D eigenvalue weighted by molar-refractivity contribution is 5.85. The summed E-state index contributed by atoms with van der Waals surface area (Å²) in [4.78, 5) is 14.4. The number of nitrogens with one attached hydrogen (secondary N) is 1. The van der Waals surface area contributed by atoms with E-state index >= 15 is 0 Å². The van der Waals surface area contributed by atoms with Crippen LogP contribution in [0.25, 0.3) is 0 Å². The van der Waals surface area contributed by atoms with Gasteiger partial charge in [-0.15, -0.1) is 12.4 Å². The summed E-state index contributed by atoms with van der Waals surface area (Å²) in [5.41, 5.74) is 0. The average Bonchev–Trinajstić information content (AvgIpc) is 2.83. The first kappa shape index (κ1) is 18.8. The number of halogens is 4. The summed E-state index contributed by atoms with van der Waals surface area (Å²) in [6, 6.07) is 1.15. The van der Waals surface area contributed by atoms with Crippen LogP contribution >= 0.6 is 12.4 Å². The molecule has 1 aliphatic carbocycles. The van der Waals surface area contributed by atoms with Gasteiger partial charge in [-0.05, 0) is 44.9 Å². The number of alkyl halides is 3. The summed E-state index contributed by atoms with van der Waals surface area (Å²) in [7, 11) is 1.79. The first-order valence-electron chi connectivity index (χ1n) is 8.44. The van der Waals surface area contributed by atoms with Gasteiger partial charge in [0.05, 0.1) is 5.92 Å². The summed E-state index contributed by atoms with van der Waals surface area (Å²) in [6.07, 6.45) is 1.29. The molecule has 134 valence electrons. The van der Waals surface area contributed by atoms with Gasteiger partial charge in [0, 0.05) is 31.1 Å². The van der Waals surface area contributed by atoms with Crippen molar-refractivity contribution in [3.05, 3.63) is 0 Å². The second-order valence-electron chi connectivity index (χ2n) is 7.31. The lowest BCUT2D eigenvalue weighted by Crippen LogP contribution is -2.50. The summed E-state index contributed by atoms with van der Waals surface area (Å²) in [5.74, 6) is -1.81. The van der Waals surface area contributed by atoms with Crippen LogP contribution in [0.15, 0.2) is 0 Å². The molecule has 3 fully saturated rings. The molecular formula is C16H26ClF3N2O. The van der Waals surface area contributed by atoms with E-state index in [1.165, 1.54) is 0 Å². The van der Waals surface area contributed by atoms with E-state index < -0.39 is 18.0 Å². The van der Waals surface area contributed by atoms with Crippen LogP contribution in [0.1, 0.15) is 51.4 Å². The van der Waals surface area contributed by atoms with E-state index in [1.54, 1.807) is 11.9 Å². The van der Waals surface area contributed by atoms with Crippen molar-refractivity contribution >= 4 is 18.3 Å². The lowest BCUT2D eigenvalue weighted by atomic mass is 9.80. The van der Waals surface area contributed by atoms with Crippen molar-refractivity contribution in [2.75, 3.05) is 7.05 Å². The molecular weight excluding hydrogens is 329 g/mol. The van der Waals surface area contributed by atoms with Gasteiger partial charge in [0.2, 0.25) is 5.91 Å². The van der Waals surface area contributed by atoms with Gasteiger partial charge in [-0.3, -0.25) is 4.79 Å². The number of fused-ring (bicyclic) bond motifs is 2. The van der Waals surface area contributed by atoms with Gasteiger partial charge in [-0.25, -0.2) is 0 Å². The monoisotopic (exact) mass is 354 g/mol. The minimum atomic E-state index is -4.16. The lowest BCUT2D eigenvalue weighted by molar-refractivity contribution is -0.187. The van der Waals surface area contributed by atoms with Crippen molar-refractivity contribution in [3.63, 3.8) is 0 Å². The van der Waals surface area contributed by atoms with Gasteiger partial charge < -0.3 is 10.2 Å². The Kier molecular flexibility index (Phi) is 5.88. The Labute approximate surface area is 141 Å². The number of hydrogen-bond acceptors (Lipinski definition) is 2. The van der Waals surface area contributed by atoms with Gasteiger partial charge in [0.1, 0.15) is 0 Å². The second kappa shape index (κ2) is 7.18. The maximum absolute atomic E-state index is 12.9. The first-order chi connectivity index (χ1) is 10.3. The predicted octanol–water partition coefficient (Wildman–Crippen LogP) is 3.52. The van der Waals surface area contributed by atoms with Crippen LogP contribution in [0.2, 0.25) is 0 Å². The van der Waals surface area contributed by atoms with Gasteiger partial charge >= 0.3 is 6.18 Å². The molecule has 4 unspecified atom stereocenters. The summed E-state index contributed by atoms with van der Waals surface area (Å²) < 4.78 is 38.7. The highest BCUT2D eigenvalue weighted by atomic mass is 35.5. The number of amides is 1. The number of piperidine rings is 1. The maximum Gasteiger partial charge on any atom is 0.391 e. The van der Waals surface area contributed by atoms with Crippen molar-refractivity contribution in [1.29, 1.82) is 0 Å². The van der Waals surface area contributed by atoms with Crippen LogP contribution in [0.3, 0.4) is 0 Å². The minimum absolute atomic E-state index is 0. The Balaban J connectivity index is 0.00000192. The number of rotatable bonds is 2. The lowest BCUT2D eigenvalue weighted by Gasteiger charge is -2.39. The molecule has 0 aromatic carbocycles. The zero-order valence-corrected chi connectivity index (χ0v) is 14.3. The molecule has 0 radical (unpaired) electrons. The number of carbonyl (C=O) groups excluding carboxylic acids is 1. The fourth-order valence-electron chi connectivity index (χ4n) is 4.52. The van der Waals surface area contributed by atoms with Crippen LogP contribution in [-0.4, -0.2) is 42.2 Å². The molecule has 7 heteroatoms. The van der Waals surface area contributed by atoms with E-state index in [4.69, 9.17) is 0 Å². The topological polar surface area (TPSA) is 32.3 Å². The molecule has 2 bridgehead atoms. The van der Waals surface area contributed by atoms with E-state index in [2.05, 4.69) is 5.32 Å². The molecule has 1 N–H and O–H groups in total. The number of hydrogen-bond donors (Lipinski definition) is 1. The third-order valence-electron chi connectivity index (χ3n) is 5.83.